The van der Waals surface area contributed by atoms with Gasteiger partial charge in [-0.15, -0.1) is 0 Å². The molecule has 2 amide bonds. The van der Waals surface area contributed by atoms with Crippen LogP contribution >= 0.6 is 11.6 Å². The van der Waals surface area contributed by atoms with Crippen LogP contribution in [0, 0.1) is 23.5 Å². The molecule has 1 fully saturated rings. The van der Waals surface area contributed by atoms with Crippen LogP contribution in [-0.4, -0.2) is 41.4 Å². The van der Waals surface area contributed by atoms with Crippen LogP contribution < -0.4 is 10.6 Å². The number of fused-ring (bicyclic) bond motifs is 2. The molecule has 0 aromatic heterocycles. The van der Waals surface area contributed by atoms with Crippen molar-refractivity contribution in [2.75, 3.05) is 7.05 Å². The van der Waals surface area contributed by atoms with E-state index in [4.69, 9.17) is 11.6 Å². The fraction of sp³-hybridized carbons (Fsp3) is 0.310. The number of ketones is 1. The molecule has 2 heterocycles. The van der Waals surface area contributed by atoms with Crippen molar-refractivity contribution in [3.63, 3.8) is 0 Å². The van der Waals surface area contributed by atoms with E-state index < -0.39 is 52.7 Å². The van der Waals surface area contributed by atoms with Crippen LogP contribution in [0.25, 0.3) is 0 Å². The second-order valence-electron chi connectivity index (χ2n) is 10.7. The van der Waals surface area contributed by atoms with Crippen LogP contribution in [0.15, 0.2) is 64.4 Å². The van der Waals surface area contributed by atoms with E-state index in [2.05, 4.69) is 15.7 Å². The van der Waals surface area contributed by atoms with E-state index in [0.29, 0.717) is 37.1 Å². The van der Waals surface area contributed by atoms with Crippen LogP contribution in [0.5, 0.6) is 0 Å². The Bertz CT molecular complexity index is 1650. The molecule has 2 aliphatic heterocycles. The Balaban J connectivity index is 1.44. The van der Waals surface area contributed by atoms with Crippen molar-refractivity contribution in [1.82, 2.24) is 15.6 Å². The monoisotopic (exact) mass is 604 g/mol. The van der Waals surface area contributed by atoms with Gasteiger partial charge in [-0.25, -0.2) is 8.78 Å². The molecular weight excluding hydrogens is 583 g/mol. The van der Waals surface area contributed by atoms with Gasteiger partial charge in [0.1, 0.15) is 17.4 Å². The first-order chi connectivity index (χ1) is 19.8. The molecule has 2 aliphatic carbocycles. The van der Waals surface area contributed by atoms with Gasteiger partial charge in [-0.2, -0.15) is 18.3 Å². The van der Waals surface area contributed by atoms with Gasteiger partial charge >= 0.3 is 6.18 Å². The largest absolute Gasteiger partial charge is 0.416 e. The van der Waals surface area contributed by atoms with Crippen molar-refractivity contribution in [3.8, 4) is 0 Å². The lowest BCUT2D eigenvalue weighted by Gasteiger charge is -2.33. The lowest BCUT2D eigenvalue weighted by atomic mass is 9.74. The van der Waals surface area contributed by atoms with Crippen LogP contribution in [0.2, 0.25) is 5.02 Å². The van der Waals surface area contributed by atoms with E-state index in [1.54, 1.807) is 18.1 Å². The summed E-state index contributed by atoms with van der Waals surface area (Å²) in [6.07, 6.45) is -1.64. The summed E-state index contributed by atoms with van der Waals surface area (Å²) in [6.45, 7) is 0. The van der Waals surface area contributed by atoms with E-state index in [9.17, 15) is 36.3 Å². The maximum Gasteiger partial charge on any atom is 0.416 e. The maximum absolute atomic E-state index is 14.3. The number of benzene rings is 2. The van der Waals surface area contributed by atoms with Gasteiger partial charge in [0.05, 0.1) is 28.9 Å². The van der Waals surface area contributed by atoms with Gasteiger partial charge in [-0.1, -0.05) is 11.6 Å². The third kappa shape index (κ3) is 4.77. The van der Waals surface area contributed by atoms with E-state index >= 15 is 0 Å². The highest BCUT2D eigenvalue weighted by atomic mass is 35.5. The number of halogens is 6. The van der Waals surface area contributed by atoms with Crippen molar-refractivity contribution in [2.24, 2.45) is 16.9 Å². The molecule has 2 aromatic carbocycles. The second kappa shape index (κ2) is 10.0. The summed E-state index contributed by atoms with van der Waals surface area (Å²) in [5.41, 5.74) is -1.03. The van der Waals surface area contributed by atoms with Gasteiger partial charge in [-0.3, -0.25) is 19.4 Å². The topological polar surface area (TPSA) is 90.9 Å². The minimum atomic E-state index is -4.90. The zero-order valence-corrected chi connectivity index (χ0v) is 22.6. The maximum atomic E-state index is 14.3. The lowest BCUT2D eigenvalue weighted by molar-refractivity contribution is -0.137. The molecule has 4 atom stereocenters. The first-order valence-corrected chi connectivity index (χ1v) is 13.5. The molecule has 218 valence electrons. The van der Waals surface area contributed by atoms with Gasteiger partial charge in [-0.05, 0) is 55.3 Å². The van der Waals surface area contributed by atoms with Crippen LogP contribution in [0.4, 0.5) is 22.0 Å². The number of nitrogens with zero attached hydrogens (tertiary/aromatic N) is 2. The van der Waals surface area contributed by atoms with Gasteiger partial charge in [0.2, 0.25) is 0 Å². The Labute approximate surface area is 241 Å². The van der Waals surface area contributed by atoms with Crippen molar-refractivity contribution < 1.29 is 36.3 Å². The Hall–Kier alpha value is -4.06. The molecule has 1 saturated carbocycles. The van der Waals surface area contributed by atoms with Gasteiger partial charge in [0, 0.05) is 52.7 Å². The Morgan fingerprint density at radius 2 is 1.90 bits per heavy atom. The summed E-state index contributed by atoms with van der Waals surface area (Å²) in [7, 11) is 1.70. The van der Waals surface area contributed by atoms with E-state index in [1.807, 2.05) is 0 Å². The molecule has 0 bridgehead atoms. The van der Waals surface area contributed by atoms with E-state index in [1.165, 1.54) is 6.07 Å². The third-order valence-electron chi connectivity index (χ3n) is 8.15. The third-order valence-corrected chi connectivity index (χ3v) is 8.50. The zero-order chi connectivity index (χ0) is 30.1. The molecule has 0 saturated heterocycles. The molecular formula is C29H22ClF5N4O3. The number of amides is 2. The van der Waals surface area contributed by atoms with Crippen molar-refractivity contribution in [2.45, 2.75) is 37.5 Å². The number of rotatable bonds is 5. The quantitative estimate of drug-likeness (QED) is 0.466. The molecule has 2 aromatic rings. The molecule has 4 aliphatic rings. The average molecular weight is 605 g/mol. The summed E-state index contributed by atoms with van der Waals surface area (Å²) in [6, 6.07) is 3.65. The number of carbonyl (C=O) groups is 3. The summed E-state index contributed by atoms with van der Waals surface area (Å²) >= 11 is 6.37. The smallest absolute Gasteiger partial charge is 0.341 e. The molecule has 7 nitrogen and oxygen atoms in total. The van der Waals surface area contributed by atoms with Crippen LogP contribution in [-0.2, 0) is 15.8 Å². The number of alkyl halides is 3. The highest BCUT2D eigenvalue weighted by molar-refractivity contribution is 6.32. The number of carbonyl (C=O) groups excluding carboxylic acids is 3. The SMILES string of the molecule is CN1N=C2C3=C(C(NC(=O)c4cc(F)cc(C(F)(F)F)c4)=CC2C1CC1CCC1=O)C(c1cc(F)ccc1Cl)NC3=O. The molecule has 42 heavy (non-hydrogen) atoms. The normalized spacial score (nSPS) is 25.0. The second-order valence-corrected chi connectivity index (χ2v) is 11.1. The predicted molar refractivity (Wildman–Crippen MR) is 141 cm³/mol. The number of hydrogen-bond acceptors (Lipinski definition) is 5. The highest BCUT2D eigenvalue weighted by Gasteiger charge is 2.49. The predicted octanol–water partition coefficient (Wildman–Crippen LogP) is 5.09. The minimum absolute atomic E-state index is 0.0562. The number of hydrazone groups is 1. The number of Topliss-reactive ketones (excluding diaryl/α,β-unsaturated/α-hetero) is 1. The number of hydrogen-bond donors (Lipinski definition) is 2. The first-order valence-electron chi connectivity index (χ1n) is 13.1. The summed E-state index contributed by atoms with van der Waals surface area (Å²) in [4.78, 5) is 38.8. The molecule has 13 heteroatoms. The summed E-state index contributed by atoms with van der Waals surface area (Å²) in [5, 5.41) is 11.7. The van der Waals surface area contributed by atoms with Crippen molar-refractivity contribution >= 4 is 34.9 Å². The van der Waals surface area contributed by atoms with Crippen LogP contribution in [0.3, 0.4) is 0 Å². The Morgan fingerprint density at radius 3 is 2.57 bits per heavy atom. The molecule has 0 spiro atoms. The van der Waals surface area contributed by atoms with Gasteiger partial charge in [0.25, 0.3) is 11.8 Å². The Morgan fingerprint density at radius 1 is 1.14 bits per heavy atom. The standard InChI is InChI=1S/C29H22ClF5N4O3/c1-39-21(8-12-2-5-22(12)40)18-11-20(36-27(41)13-6-14(29(33,34)35)9-16(32)7-13)23-24(26(18)38-39)28(42)37-25(23)17-10-15(31)3-4-19(17)30/h3-4,6-7,9-12,18,21,25H,2,5,8H2,1H3,(H,36,41)(H,37,42). The molecule has 0 radical (unpaired) electrons. The van der Waals surface area contributed by atoms with E-state index in [-0.39, 0.29) is 51.2 Å². The molecule has 2 N–H and O–H groups in total. The Kier molecular flexibility index (Phi) is 6.71. The highest BCUT2D eigenvalue weighted by Crippen LogP contribution is 2.46. The first kappa shape index (κ1) is 28.1. The van der Waals surface area contributed by atoms with Gasteiger partial charge in [0.15, 0.2) is 0 Å². The zero-order valence-electron chi connectivity index (χ0n) is 21.9. The molecule has 4 unspecified atom stereocenters. The molecule has 6 rings (SSSR count). The van der Waals surface area contributed by atoms with Crippen LogP contribution in [0.1, 0.15) is 46.8 Å². The fourth-order valence-corrected chi connectivity index (χ4v) is 6.18. The summed E-state index contributed by atoms with van der Waals surface area (Å²) < 4.78 is 68.4. The lowest BCUT2D eigenvalue weighted by Crippen LogP contribution is -2.39. The number of nitrogens with one attached hydrogen (secondary N) is 2. The average Bonchev–Trinajstić information content (AvgIpc) is 3.42. The van der Waals surface area contributed by atoms with Gasteiger partial charge < -0.3 is 10.6 Å². The van der Waals surface area contributed by atoms with Crippen molar-refractivity contribution in [3.05, 3.63) is 92.7 Å². The van der Waals surface area contributed by atoms with Crippen molar-refractivity contribution in [1.29, 1.82) is 0 Å². The fourth-order valence-electron chi connectivity index (χ4n) is 5.95. The summed E-state index contributed by atoms with van der Waals surface area (Å²) in [5.74, 6) is -4.15. The minimum Gasteiger partial charge on any atom is -0.341 e. The van der Waals surface area contributed by atoms with E-state index in [0.717, 1.165) is 12.1 Å².